The van der Waals surface area contributed by atoms with Crippen LogP contribution in [0.1, 0.15) is 33.7 Å². The van der Waals surface area contributed by atoms with Crippen LogP contribution in [0.15, 0.2) is 36.7 Å². The summed E-state index contributed by atoms with van der Waals surface area (Å²) < 4.78 is 11.0. The van der Waals surface area contributed by atoms with Crippen molar-refractivity contribution in [2.75, 3.05) is 26.8 Å². The Morgan fingerprint density at radius 3 is 3.04 bits per heavy atom. The molecule has 0 saturated carbocycles. The minimum atomic E-state index is 0.0325. The molecule has 0 bridgehead atoms. The van der Waals surface area contributed by atoms with E-state index in [1.807, 2.05) is 42.2 Å². The molecule has 0 unspecified atom stereocenters. The Labute approximate surface area is 154 Å². The van der Waals surface area contributed by atoms with E-state index in [0.717, 1.165) is 29.8 Å². The van der Waals surface area contributed by atoms with Gasteiger partial charge < -0.3 is 14.4 Å². The molecule has 6 nitrogen and oxygen atoms in total. The lowest BCUT2D eigenvalue weighted by Gasteiger charge is -2.33. The van der Waals surface area contributed by atoms with Gasteiger partial charge in [0.25, 0.3) is 5.91 Å². The normalized spacial score (nSPS) is 17.3. The van der Waals surface area contributed by atoms with E-state index in [1.165, 1.54) is 0 Å². The summed E-state index contributed by atoms with van der Waals surface area (Å²) in [4.78, 5) is 23.1. The fraction of sp³-hybridized carbons (Fsp3) is 0.450. The molecule has 26 heavy (non-hydrogen) atoms. The second-order valence-electron chi connectivity index (χ2n) is 6.57. The summed E-state index contributed by atoms with van der Waals surface area (Å²) >= 11 is 0. The number of amides is 1. The highest BCUT2D eigenvalue weighted by Crippen LogP contribution is 2.16. The van der Waals surface area contributed by atoms with Gasteiger partial charge in [0.05, 0.1) is 19.3 Å². The van der Waals surface area contributed by atoms with E-state index in [1.54, 1.807) is 13.4 Å². The molecule has 2 aromatic rings. The first-order valence-electron chi connectivity index (χ1n) is 8.92. The van der Waals surface area contributed by atoms with E-state index in [-0.39, 0.29) is 12.0 Å². The fourth-order valence-corrected chi connectivity index (χ4v) is 3.18. The van der Waals surface area contributed by atoms with Crippen molar-refractivity contribution >= 4 is 5.91 Å². The molecular weight excluding hydrogens is 330 g/mol. The van der Waals surface area contributed by atoms with Gasteiger partial charge in [-0.15, -0.1) is 0 Å². The second-order valence-corrected chi connectivity index (χ2v) is 6.57. The van der Waals surface area contributed by atoms with Crippen molar-refractivity contribution in [2.45, 2.75) is 32.5 Å². The summed E-state index contributed by atoms with van der Waals surface area (Å²) in [6.07, 6.45) is 3.28. The smallest absolute Gasteiger partial charge is 0.254 e. The van der Waals surface area contributed by atoms with E-state index in [0.29, 0.717) is 31.9 Å². The number of rotatable bonds is 6. The lowest BCUT2D eigenvalue weighted by Crippen LogP contribution is -2.45. The molecule has 1 saturated heterocycles. The SMILES string of the molecule is COCc1cccc(C(=O)N2CCO[C@@H](CCc3cc(C)ncn3)C2)c1. The highest BCUT2D eigenvalue weighted by Gasteiger charge is 2.25. The number of carbonyl (C=O) groups is 1. The van der Waals surface area contributed by atoms with Crippen LogP contribution in [0.2, 0.25) is 0 Å². The number of morpholine rings is 1. The third-order valence-corrected chi connectivity index (χ3v) is 4.49. The first-order chi connectivity index (χ1) is 12.7. The van der Waals surface area contributed by atoms with Crippen LogP contribution in [0.25, 0.3) is 0 Å². The molecule has 0 aliphatic carbocycles. The van der Waals surface area contributed by atoms with Crippen LogP contribution < -0.4 is 0 Å². The van der Waals surface area contributed by atoms with Crippen LogP contribution in [0, 0.1) is 6.92 Å². The molecule has 1 fully saturated rings. The molecule has 0 radical (unpaired) electrons. The molecule has 0 N–H and O–H groups in total. The van der Waals surface area contributed by atoms with Gasteiger partial charge in [-0.05, 0) is 43.5 Å². The third-order valence-electron chi connectivity index (χ3n) is 4.49. The van der Waals surface area contributed by atoms with Crippen LogP contribution in [-0.4, -0.2) is 53.7 Å². The predicted molar refractivity (Wildman–Crippen MR) is 97.9 cm³/mol. The average Bonchev–Trinajstić information content (AvgIpc) is 2.67. The number of nitrogens with zero attached hydrogens (tertiary/aromatic N) is 3. The lowest BCUT2D eigenvalue weighted by atomic mass is 10.1. The van der Waals surface area contributed by atoms with Crippen LogP contribution >= 0.6 is 0 Å². The van der Waals surface area contributed by atoms with E-state index in [4.69, 9.17) is 9.47 Å². The zero-order valence-corrected chi connectivity index (χ0v) is 15.4. The van der Waals surface area contributed by atoms with Crippen LogP contribution in [-0.2, 0) is 22.5 Å². The first-order valence-corrected chi connectivity index (χ1v) is 8.92. The lowest BCUT2D eigenvalue weighted by molar-refractivity contribution is -0.0247. The molecule has 1 aliphatic rings. The van der Waals surface area contributed by atoms with E-state index in [9.17, 15) is 4.79 Å². The zero-order chi connectivity index (χ0) is 18.4. The van der Waals surface area contributed by atoms with Gasteiger partial charge in [0, 0.05) is 37.2 Å². The summed E-state index contributed by atoms with van der Waals surface area (Å²) in [7, 11) is 1.65. The van der Waals surface area contributed by atoms with Gasteiger partial charge in [0.15, 0.2) is 0 Å². The maximum absolute atomic E-state index is 12.8. The average molecular weight is 355 g/mol. The Hall–Kier alpha value is -2.31. The van der Waals surface area contributed by atoms with Crippen molar-refractivity contribution in [2.24, 2.45) is 0 Å². The molecule has 0 spiro atoms. The summed E-state index contributed by atoms with van der Waals surface area (Å²) in [5.74, 6) is 0.0501. The van der Waals surface area contributed by atoms with Crippen molar-refractivity contribution < 1.29 is 14.3 Å². The van der Waals surface area contributed by atoms with Gasteiger partial charge in [-0.2, -0.15) is 0 Å². The molecule has 3 rings (SSSR count). The van der Waals surface area contributed by atoms with E-state index < -0.39 is 0 Å². The third kappa shape index (κ3) is 4.86. The Morgan fingerprint density at radius 2 is 2.23 bits per heavy atom. The predicted octanol–water partition coefficient (Wildman–Crippen LogP) is 2.41. The maximum Gasteiger partial charge on any atom is 0.254 e. The van der Waals surface area contributed by atoms with Crippen molar-refractivity contribution in [1.29, 1.82) is 0 Å². The molecule has 1 aromatic carbocycles. The Bertz CT molecular complexity index is 751. The summed E-state index contributed by atoms with van der Waals surface area (Å²) in [6.45, 7) is 4.26. The Morgan fingerprint density at radius 1 is 1.35 bits per heavy atom. The highest BCUT2D eigenvalue weighted by atomic mass is 16.5. The van der Waals surface area contributed by atoms with Gasteiger partial charge in [0.2, 0.25) is 0 Å². The minimum Gasteiger partial charge on any atom is -0.380 e. The fourth-order valence-electron chi connectivity index (χ4n) is 3.18. The largest absolute Gasteiger partial charge is 0.380 e. The second kappa shape index (κ2) is 8.87. The van der Waals surface area contributed by atoms with Gasteiger partial charge in [-0.1, -0.05) is 12.1 Å². The first kappa shape index (κ1) is 18.5. The minimum absolute atomic E-state index is 0.0325. The van der Waals surface area contributed by atoms with Crippen molar-refractivity contribution in [3.05, 3.63) is 59.2 Å². The standard InChI is InChI=1S/C20H25N3O3/c1-15-10-18(22-14-21-15)6-7-19-12-23(8-9-26-19)20(24)17-5-3-4-16(11-17)13-25-2/h3-5,10-11,14,19H,6-9,12-13H2,1-2H3/t19-/m0/s1. The van der Waals surface area contributed by atoms with Gasteiger partial charge in [0.1, 0.15) is 6.33 Å². The van der Waals surface area contributed by atoms with Crippen LogP contribution in [0.5, 0.6) is 0 Å². The van der Waals surface area contributed by atoms with Gasteiger partial charge in [-0.3, -0.25) is 4.79 Å². The Kier molecular flexibility index (Phi) is 6.30. The van der Waals surface area contributed by atoms with Gasteiger partial charge >= 0.3 is 0 Å². The quantitative estimate of drug-likeness (QED) is 0.796. The number of benzene rings is 1. The number of ether oxygens (including phenoxy) is 2. The number of hydrogen-bond acceptors (Lipinski definition) is 5. The molecule has 1 aromatic heterocycles. The van der Waals surface area contributed by atoms with Crippen molar-refractivity contribution in [3.8, 4) is 0 Å². The van der Waals surface area contributed by atoms with Gasteiger partial charge in [-0.25, -0.2) is 9.97 Å². The molecular formula is C20H25N3O3. The number of methoxy groups -OCH3 is 1. The van der Waals surface area contributed by atoms with Crippen molar-refractivity contribution in [1.82, 2.24) is 14.9 Å². The van der Waals surface area contributed by atoms with E-state index in [2.05, 4.69) is 9.97 Å². The molecule has 2 heterocycles. The van der Waals surface area contributed by atoms with E-state index >= 15 is 0 Å². The van der Waals surface area contributed by atoms with Crippen molar-refractivity contribution in [3.63, 3.8) is 0 Å². The number of hydrogen-bond donors (Lipinski definition) is 0. The highest BCUT2D eigenvalue weighted by molar-refractivity contribution is 5.94. The molecule has 1 aliphatic heterocycles. The number of carbonyl (C=O) groups excluding carboxylic acids is 1. The number of aromatic nitrogens is 2. The van der Waals surface area contributed by atoms with Crippen LogP contribution in [0.3, 0.4) is 0 Å². The summed E-state index contributed by atoms with van der Waals surface area (Å²) in [5.41, 5.74) is 3.68. The Balaban J connectivity index is 1.59. The molecule has 1 amide bonds. The molecule has 1 atom stereocenters. The monoisotopic (exact) mass is 355 g/mol. The summed E-state index contributed by atoms with van der Waals surface area (Å²) in [5, 5.41) is 0. The zero-order valence-electron chi connectivity index (χ0n) is 15.4. The maximum atomic E-state index is 12.8. The van der Waals surface area contributed by atoms with Crippen LogP contribution in [0.4, 0.5) is 0 Å². The molecule has 138 valence electrons. The summed E-state index contributed by atoms with van der Waals surface area (Å²) in [6, 6.07) is 9.62. The number of aryl methyl sites for hydroxylation is 2. The molecule has 6 heteroatoms. The topological polar surface area (TPSA) is 64.5 Å².